The predicted molar refractivity (Wildman–Crippen MR) is 67.9 cm³/mol. The van der Waals surface area contributed by atoms with Crippen molar-refractivity contribution in [1.82, 2.24) is 15.0 Å². The Kier molecular flexibility index (Phi) is 2.80. The van der Waals surface area contributed by atoms with Gasteiger partial charge in [-0.2, -0.15) is 0 Å². The molecule has 1 fully saturated rings. The minimum atomic E-state index is 0.305. The Morgan fingerprint density at radius 1 is 1.17 bits per heavy atom. The number of aromatic nitrogens is 3. The van der Waals surface area contributed by atoms with Gasteiger partial charge in [0.05, 0.1) is 18.1 Å². The Hall–Kier alpha value is -2.17. The van der Waals surface area contributed by atoms with Crippen LogP contribution in [0.1, 0.15) is 19.3 Å². The first-order valence-electron chi connectivity index (χ1n) is 6.02. The van der Waals surface area contributed by atoms with E-state index in [4.69, 9.17) is 10.5 Å². The molecule has 0 amide bonds. The summed E-state index contributed by atoms with van der Waals surface area (Å²) in [7, 11) is 0. The van der Waals surface area contributed by atoms with Gasteiger partial charge in [0, 0.05) is 11.8 Å². The summed E-state index contributed by atoms with van der Waals surface area (Å²) < 4.78 is 5.72. The molecule has 1 aliphatic carbocycles. The van der Waals surface area contributed by atoms with E-state index in [1.165, 1.54) is 6.42 Å². The van der Waals surface area contributed by atoms with Gasteiger partial charge >= 0.3 is 0 Å². The molecule has 0 aromatic carbocycles. The smallest absolute Gasteiger partial charge is 0.233 e. The molecule has 2 aromatic rings. The average Bonchev–Trinajstić information content (AvgIpc) is 2.35. The van der Waals surface area contributed by atoms with Crippen molar-refractivity contribution in [3.05, 3.63) is 30.7 Å². The average molecular weight is 242 g/mol. The van der Waals surface area contributed by atoms with E-state index in [9.17, 15) is 0 Å². The normalized spacial score (nSPS) is 15.1. The summed E-state index contributed by atoms with van der Waals surface area (Å²) in [5.74, 6) is 1.07. The second kappa shape index (κ2) is 4.60. The van der Waals surface area contributed by atoms with Crippen LogP contribution in [0.5, 0.6) is 5.88 Å². The molecule has 1 aliphatic rings. The summed E-state index contributed by atoms with van der Waals surface area (Å²) in [5.41, 5.74) is 7.19. The Bertz CT molecular complexity index is 537. The second-order valence-corrected chi connectivity index (χ2v) is 4.39. The van der Waals surface area contributed by atoms with Crippen LogP contribution in [-0.4, -0.2) is 21.1 Å². The van der Waals surface area contributed by atoms with Gasteiger partial charge in [0.1, 0.15) is 11.9 Å². The van der Waals surface area contributed by atoms with Crippen molar-refractivity contribution < 1.29 is 4.74 Å². The fraction of sp³-hybridized carbons (Fsp3) is 0.308. The van der Waals surface area contributed by atoms with Crippen LogP contribution in [0, 0.1) is 0 Å². The molecule has 92 valence electrons. The van der Waals surface area contributed by atoms with Crippen LogP contribution in [0.25, 0.3) is 11.3 Å². The minimum Gasteiger partial charge on any atom is -0.473 e. The van der Waals surface area contributed by atoms with Crippen LogP contribution in [0.4, 0.5) is 5.82 Å². The first kappa shape index (κ1) is 11.0. The van der Waals surface area contributed by atoms with E-state index < -0.39 is 0 Å². The highest BCUT2D eigenvalue weighted by atomic mass is 16.5. The number of ether oxygens (including phenoxy) is 1. The van der Waals surface area contributed by atoms with Crippen LogP contribution in [0.2, 0.25) is 0 Å². The number of nitrogens with zero attached hydrogens (tertiary/aromatic N) is 3. The molecule has 5 nitrogen and oxygen atoms in total. The fourth-order valence-electron chi connectivity index (χ4n) is 1.76. The van der Waals surface area contributed by atoms with Crippen LogP contribution < -0.4 is 10.5 Å². The molecule has 0 spiro atoms. The molecule has 0 unspecified atom stereocenters. The molecule has 0 atom stereocenters. The Balaban J connectivity index is 1.83. The van der Waals surface area contributed by atoms with Crippen molar-refractivity contribution in [1.29, 1.82) is 0 Å². The van der Waals surface area contributed by atoms with Gasteiger partial charge in [0.2, 0.25) is 5.88 Å². The Labute approximate surface area is 105 Å². The zero-order valence-electron chi connectivity index (χ0n) is 9.91. The van der Waals surface area contributed by atoms with Crippen LogP contribution >= 0.6 is 0 Å². The maximum Gasteiger partial charge on any atom is 0.233 e. The number of rotatable bonds is 3. The van der Waals surface area contributed by atoms with Crippen molar-refractivity contribution in [2.24, 2.45) is 0 Å². The van der Waals surface area contributed by atoms with E-state index in [1.54, 1.807) is 24.7 Å². The zero-order chi connectivity index (χ0) is 12.4. The molecule has 2 heterocycles. The lowest BCUT2D eigenvalue weighted by Gasteiger charge is -2.25. The lowest BCUT2D eigenvalue weighted by Crippen LogP contribution is -2.25. The van der Waals surface area contributed by atoms with Gasteiger partial charge in [0.25, 0.3) is 0 Å². The lowest BCUT2D eigenvalue weighted by molar-refractivity contribution is 0.114. The Morgan fingerprint density at radius 2 is 2.06 bits per heavy atom. The van der Waals surface area contributed by atoms with E-state index in [0.717, 1.165) is 24.1 Å². The third kappa shape index (κ3) is 2.25. The summed E-state index contributed by atoms with van der Waals surface area (Å²) in [6, 6.07) is 3.62. The van der Waals surface area contributed by atoms with Crippen LogP contribution in [0.3, 0.4) is 0 Å². The number of hydrogen-bond donors (Lipinski definition) is 1. The minimum absolute atomic E-state index is 0.305. The number of nitrogen functional groups attached to an aromatic ring is 1. The molecule has 18 heavy (non-hydrogen) atoms. The van der Waals surface area contributed by atoms with E-state index in [-0.39, 0.29) is 0 Å². The third-order valence-corrected chi connectivity index (χ3v) is 3.03. The van der Waals surface area contributed by atoms with Gasteiger partial charge in [-0.15, -0.1) is 0 Å². The van der Waals surface area contributed by atoms with Gasteiger partial charge in [-0.3, -0.25) is 4.98 Å². The van der Waals surface area contributed by atoms with E-state index in [1.807, 2.05) is 6.07 Å². The first-order chi connectivity index (χ1) is 8.81. The highest BCUT2D eigenvalue weighted by Gasteiger charge is 2.19. The third-order valence-electron chi connectivity index (χ3n) is 3.03. The van der Waals surface area contributed by atoms with E-state index in [0.29, 0.717) is 17.8 Å². The highest BCUT2D eigenvalue weighted by Crippen LogP contribution is 2.25. The quantitative estimate of drug-likeness (QED) is 0.891. The number of pyridine rings is 1. The molecular weight excluding hydrogens is 228 g/mol. The van der Waals surface area contributed by atoms with Gasteiger partial charge in [-0.1, -0.05) is 0 Å². The summed E-state index contributed by atoms with van der Waals surface area (Å²) >= 11 is 0. The molecule has 5 heteroatoms. The van der Waals surface area contributed by atoms with Crippen molar-refractivity contribution >= 4 is 5.82 Å². The molecule has 3 rings (SSSR count). The molecule has 2 N–H and O–H groups in total. The van der Waals surface area contributed by atoms with E-state index >= 15 is 0 Å². The molecule has 0 bridgehead atoms. The predicted octanol–water partition coefficient (Wildman–Crippen LogP) is 2.05. The molecule has 0 radical (unpaired) electrons. The summed E-state index contributed by atoms with van der Waals surface area (Å²) in [4.78, 5) is 12.6. The van der Waals surface area contributed by atoms with Crippen LogP contribution in [-0.2, 0) is 0 Å². The zero-order valence-corrected chi connectivity index (χ0v) is 9.91. The maximum atomic E-state index is 5.72. The fourth-order valence-corrected chi connectivity index (χ4v) is 1.76. The molecule has 1 saturated carbocycles. The van der Waals surface area contributed by atoms with Gasteiger partial charge in [0.15, 0.2) is 0 Å². The first-order valence-corrected chi connectivity index (χ1v) is 6.02. The highest BCUT2D eigenvalue weighted by molar-refractivity contribution is 5.58. The van der Waals surface area contributed by atoms with Crippen molar-refractivity contribution in [3.63, 3.8) is 0 Å². The molecule has 0 aliphatic heterocycles. The number of anilines is 1. The monoisotopic (exact) mass is 242 g/mol. The topological polar surface area (TPSA) is 73.9 Å². The van der Waals surface area contributed by atoms with Crippen molar-refractivity contribution in [2.45, 2.75) is 25.4 Å². The number of hydrogen-bond acceptors (Lipinski definition) is 5. The van der Waals surface area contributed by atoms with Crippen LogP contribution in [0.15, 0.2) is 30.7 Å². The standard InChI is InChI=1S/C13H14N4O/c14-12-5-4-9(6-16-12)11-7-15-8-13(17-11)18-10-2-1-3-10/h4-8,10H,1-3H2,(H2,14,16). The van der Waals surface area contributed by atoms with Gasteiger partial charge in [-0.25, -0.2) is 9.97 Å². The summed E-state index contributed by atoms with van der Waals surface area (Å²) in [6.07, 6.45) is 8.78. The largest absolute Gasteiger partial charge is 0.473 e. The van der Waals surface area contributed by atoms with Crippen molar-refractivity contribution in [2.75, 3.05) is 5.73 Å². The van der Waals surface area contributed by atoms with E-state index in [2.05, 4.69) is 15.0 Å². The van der Waals surface area contributed by atoms with Crippen molar-refractivity contribution in [3.8, 4) is 17.1 Å². The SMILES string of the molecule is Nc1ccc(-c2cncc(OC3CCC3)n2)cn1. The lowest BCUT2D eigenvalue weighted by atomic mass is 9.96. The molecule has 0 saturated heterocycles. The van der Waals surface area contributed by atoms with Gasteiger partial charge in [-0.05, 0) is 31.4 Å². The molecule has 2 aromatic heterocycles. The summed E-state index contributed by atoms with van der Waals surface area (Å²) in [5, 5.41) is 0. The second-order valence-electron chi connectivity index (χ2n) is 4.39. The van der Waals surface area contributed by atoms with Gasteiger partial charge < -0.3 is 10.5 Å². The Morgan fingerprint density at radius 3 is 2.72 bits per heavy atom. The summed E-state index contributed by atoms with van der Waals surface area (Å²) in [6.45, 7) is 0. The number of nitrogens with two attached hydrogens (primary N) is 1. The maximum absolute atomic E-state index is 5.72. The molecular formula is C13H14N4O.